The standard InChI is InChI=1S/C10H19F3O2/c1-2-3-4-5-6-7-8-9(11,12)10(13,14)15/h14-15H,2-8H2,1H3. The first kappa shape index (κ1) is 14.7. The molecule has 0 bridgehead atoms. The summed E-state index contributed by atoms with van der Waals surface area (Å²) in [6.45, 7) is 2.04. The summed E-state index contributed by atoms with van der Waals surface area (Å²) in [7, 11) is 0. The molecule has 0 aliphatic carbocycles. The smallest absolute Gasteiger partial charge is 0.335 e. The molecule has 0 aromatic heterocycles. The lowest BCUT2D eigenvalue weighted by Gasteiger charge is -2.22. The first-order valence-corrected chi connectivity index (χ1v) is 5.32. The van der Waals surface area contributed by atoms with E-state index >= 15 is 0 Å². The second kappa shape index (κ2) is 6.33. The molecule has 2 N–H and O–H groups in total. The van der Waals surface area contributed by atoms with Crippen LogP contribution in [-0.4, -0.2) is 22.2 Å². The van der Waals surface area contributed by atoms with Crippen LogP contribution in [0.25, 0.3) is 0 Å². The molecule has 0 saturated heterocycles. The topological polar surface area (TPSA) is 40.5 Å². The van der Waals surface area contributed by atoms with Crippen molar-refractivity contribution in [2.45, 2.75) is 63.8 Å². The van der Waals surface area contributed by atoms with Crippen molar-refractivity contribution < 1.29 is 23.4 Å². The number of unbranched alkanes of at least 4 members (excludes halogenated alkanes) is 5. The summed E-state index contributed by atoms with van der Waals surface area (Å²) in [5, 5.41) is 16.3. The Morgan fingerprint density at radius 1 is 0.867 bits per heavy atom. The zero-order chi connectivity index (χ0) is 11.9. The van der Waals surface area contributed by atoms with Gasteiger partial charge >= 0.3 is 12.0 Å². The van der Waals surface area contributed by atoms with E-state index < -0.39 is 18.4 Å². The Labute approximate surface area is 88.1 Å². The van der Waals surface area contributed by atoms with Crippen LogP contribution in [0.4, 0.5) is 13.2 Å². The SMILES string of the molecule is CCCCCCCCC(F)(F)C(O)(O)F. The number of hydrogen-bond donors (Lipinski definition) is 2. The molecule has 0 radical (unpaired) electrons. The van der Waals surface area contributed by atoms with Gasteiger partial charge in [0.25, 0.3) is 0 Å². The third kappa shape index (κ3) is 5.99. The van der Waals surface area contributed by atoms with E-state index in [0.717, 1.165) is 25.7 Å². The quantitative estimate of drug-likeness (QED) is 0.495. The van der Waals surface area contributed by atoms with Gasteiger partial charge < -0.3 is 10.2 Å². The van der Waals surface area contributed by atoms with Gasteiger partial charge in [0.05, 0.1) is 0 Å². The lowest BCUT2D eigenvalue weighted by Crippen LogP contribution is -2.43. The average Bonchev–Trinajstić information content (AvgIpc) is 2.09. The molecule has 0 spiro atoms. The van der Waals surface area contributed by atoms with E-state index in [1.54, 1.807) is 0 Å². The van der Waals surface area contributed by atoms with Crippen molar-refractivity contribution in [1.29, 1.82) is 0 Å². The fourth-order valence-corrected chi connectivity index (χ4v) is 1.29. The van der Waals surface area contributed by atoms with Crippen LogP contribution in [-0.2, 0) is 0 Å². The van der Waals surface area contributed by atoms with E-state index in [-0.39, 0.29) is 6.42 Å². The lowest BCUT2D eigenvalue weighted by atomic mass is 10.1. The molecule has 0 heterocycles. The zero-order valence-corrected chi connectivity index (χ0v) is 8.98. The van der Waals surface area contributed by atoms with Gasteiger partial charge in [0.15, 0.2) is 0 Å². The number of alkyl halides is 3. The molecule has 2 nitrogen and oxygen atoms in total. The lowest BCUT2D eigenvalue weighted by molar-refractivity contribution is -0.368. The minimum absolute atomic E-state index is 0.101. The maximum Gasteiger partial charge on any atom is 0.380 e. The third-order valence-electron chi connectivity index (χ3n) is 2.31. The van der Waals surface area contributed by atoms with E-state index in [0.29, 0.717) is 6.42 Å². The second-order valence-electron chi connectivity index (χ2n) is 3.81. The molecule has 0 unspecified atom stereocenters. The van der Waals surface area contributed by atoms with Crippen LogP contribution in [0.15, 0.2) is 0 Å². The molecular weight excluding hydrogens is 209 g/mol. The second-order valence-corrected chi connectivity index (χ2v) is 3.81. The summed E-state index contributed by atoms with van der Waals surface area (Å²) in [5.41, 5.74) is 0. The zero-order valence-electron chi connectivity index (χ0n) is 8.98. The summed E-state index contributed by atoms with van der Waals surface area (Å²) in [6.07, 6.45) is 3.75. The molecule has 0 aromatic rings. The number of hydrogen-bond acceptors (Lipinski definition) is 2. The Balaban J connectivity index is 3.58. The highest BCUT2D eigenvalue weighted by Crippen LogP contribution is 2.33. The molecular formula is C10H19F3O2. The molecule has 0 aromatic carbocycles. The van der Waals surface area contributed by atoms with Crippen LogP contribution in [0.5, 0.6) is 0 Å². The first-order chi connectivity index (χ1) is 6.81. The van der Waals surface area contributed by atoms with Crippen molar-refractivity contribution >= 4 is 0 Å². The Morgan fingerprint density at radius 3 is 1.80 bits per heavy atom. The van der Waals surface area contributed by atoms with Gasteiger partial charge in [-0.15, -0.1) is 0 Å². The van der Waals surface area contributed by atoms with E-state index in [9.17, 15) is 13.2 Å². The molecule has 0 atom stereocenters. The van der Waals surface area contributed by atoms with Crippen LogP contribution < -0.4 is 0 Å². The molecule has 5 heteroatoms. The molecule has 92 valence electrons. The minimum Gasteiger partial charge on any atom is -0.335 e. The Bertz CT molecular complexity index is 167. The minimum atomic E-state index is -4.39. The van der Waals surface area contributed by atoms with E-state index in [2.05, 4.69) is 0 Å². The maximum atomic E-state index is 12.6. The van der Waals surface area contributed by atoms with Gasteiger partial charge in [0.2, 0.25) is 0 Å². The molecule has 0 saturated carbocycles. The van der Waals surface area contributed by atoms with Crippen molar-refractivity contribution in [2.24, 2.45) is 0 Å². The highest BCUT2D eigenvalue weighted by Gasteiger charge is 2.52. The third-order valence-corrected chi connectivity index (χ3v) is 2.31. The predicted octanol–water partition coefficient (Wildman–Crippen LogP) is 2.98. The fraction of sp³-hybridized carbons (Fsp3) is 1.00. The molecule has 0 amide bonds. The molecule has 15 heavy (non-hydrogen) atoms. The van der Waals surface area contributed by atoms with Gasteiger partial charge in [-0.2, -0.15) is 13.2 Å². The van der Waals surface area contributed by atoms with Crippen molar-refractivity contribution in [3.63, 3.8) is 0 Å². The Kier molecular flexibility index (Phi) is 6.20. The van der Waals surface area contributed by atoms with Gasteiger partial charge in [-0.25, -0.2) is 0 Å². The van der Waals surface area contributed by atoms with Crippen molar-refractivity contribution in [2.75, 3.05) is 0 Å². The Morgan fingerprint density at radius 2 is 1.33 bits per heavy atom. The summed E-state index contributed by atoms with van der Waals surface area (Å²) < 4.78 is 37.4. The predicted molar refractivity (Wildman–Crippen MR) is 51.2 cm³/mol. The van der Waals surface area contributed by atoms with Crippen molar-refractivity contribution in [3.05, 3.63) is 0 Å². The van der Waals surface area contributed by atoms with Crippen LogP contribution in [0, 0.1) is 0 Å². The summed E-state index contributed by atoms with van der Waals surface area (Å²) >= 11 is 0. The van der Waals surface area contributed by atoms with Crippen molar-refractivity contribution in [1.82, 2.24) is 0 Å². The van der Waals surface area contributed by atoms with Gasteiger partial charge in [-0.05, 0) is 6.42 Å². The van der Waals surface area contributed by atoms with Crippen molar-refractivity contribution in [3.8, 4) is 0 Å². The van der Waals surface area contributed by atoms with Gasteiger partial charge in [-0.1, -0.05) is 39.0 Å². The normalized spacial score (nSPS) is 13.2. The average molecular weight is 228 g/mol. The van der Waals surface area contributed by atoms with Gasteiger partial charge in [0.1, 0.15) is 0 Å². The summed E-state index contributed by atoms with van der Waals surface area (Å²) in [6, 6.07) is -4.39. The van der Waals surface area contributed by atoms with E-state index in [1.807, 2.05) is 6.92 Å². The highest BCUT2D eigenvalue weighted by molar-refractivity contribution is 4.74. The van der Waals surface area contributed by atoms with E-state index in [4.69, 9.17) is 10.2 Å². The molecule has 0 rings (SSSR count). The maximum absolute atomic E-state index is 12.6. The molecule has 0 fully saturated rings. The number of halogens is 3. The first-order valence-electron chi connectivity index (χ1n) is 5.32. The summed E-state index contributed by atoms with van der Waals surface area (Å²) in [4.78, 5) is 0. The van der Waals surface area contributed by atoms with E-state index in [1.165, 1.54) is 0 Å². The highest BCUT2D eigenvalue weighted by atomic mass is 19.3. The van der Waals surface area contributed by atoms with Crippen LogP contribution in [0.3, 0.4) is 0 Å². The monoisotopic (exact) mass is 228 g/mol. The number of aliphatic hydroxyl groups is 2. The summed E-state index contributed by atoms with van der Waals surface area (Å²) in [5.74, 6) is -4.07. The fourth-order valence-electron chi connectivity index (χ4n) is 1.29. The van der Waals surface area contributed by atoms with Gasteiger partial charge in [0, 0.05) is 6.42 Å². The van der Waals surface area contributed by atoms with Crippen LogP contribution in [0.2, 0.25) is 0 Å². The largest absolute Gasteiger partial charge is 0.380 e. The number of rotatable bonds is 8. The van der Waals surface area contributed by atoms with Crippen LogP contribution in [0.1, 0.15) is 51.9 Å². The molecule has 0 aliphatic heterocycles. The van der Waals surface area contributed by atoms with Crippen LogP contribution >= 0.6 is 0 Å². The molecule has 0 aliphatic rings. The Hall–Kier alpha value is -0.290. The van der Waals surface area contributed by atoms with Gasteiger partial charge in [-0.3, -0.25) is 0 Å².